The number of hydrazine groups is 2. The van der Waals surface area contributed by atoms with E-state index >= 15 is 0 Å². The minimum Gasteiger partial charge on any atom is -0.350 e. The van der Waals surface area contributed by atoms with Crippen LogP contribution < -0.4 is 38.5 Å². The summed E-state index contributed by atoms with van der Waals surface area (Å²) in [5.41, 5.74) is 12.2. The van der Waals surface area contributed by atoms with Crippen molar-refractivity contribution in [2.24, 2.45) is 29.1 Å². The summed E-state index contributed by atoms with van der Waals surface area (Å²) in [6.45, 7) is 4.27. The number of primary amides is 2. The Labute approximate surface area is 183 Å². The van der Waals surface area contributed by atoms with Crippen molar-refractivity contribution in [2.75, 3.05) is 16.6 Å². The molecule has 2 aromatic rings. The highest BCUT2D eigenvalue weighted by Gasteiger charge is 2.27. The van der Waals surface area contributed by atoms with Gasteiger partial charge >= 0.3 is 12.1 Å². The van der Waals surface area contributed by atoms with Gasteiger partial charge in [-0.05, 0) is 30.4 Å². The summed E-state index contributed by atoms with van der Waals surface area (Å²) in [6.07, 6.45) is 0.732. The Balaban J connectivity index is 2.25. The first-order chi connectivity index (χ1) is 14.5. The topological polar surface area (TPSA) is 200 Å². The van der Waals surface area contributed by atoms with E-state index < -0.39 is 34.8 Å². The van der Waals surface area contributed by atoms with Gasteiger partial charge in [0.1, 0.15) is 0 Å². The average molecular weight is 450 g/mol. The van der Waals surface area contributed by atoms with Crippen molar-refractivity contribution in [3.05, 3.63) is 46.2 Å². The first-order valence-electron chi connectivity index (χ1n) is 9.11. The molecule has 0 aliphatic heterocycles. The highest BCUT2D eigenvalue weighted by molar-refractivity contribution is 6.32. The molecule has 5 amide bonds. The normalized spacial score (nSPS) is 11.5. The zero-order chi connectivity index (χ0) is 23.3. The lowest BCUT2D eigenvalue weighted by molar-refractivity contribution is 0.0943. The fourth-order valence-electron chi connectivity index (χ4n) is 2.72. The van der Waals surface area contributed by atoms with Crippen LogP contribution in [0, 0.1) is 12.8 Å². The fourth-order valence-corrected chi connectivity index (χ4v) is 2.94. The maximum Gasteiger partial charge on any atom is 0.335 e. The quantitative estimate of drug-likeness (QED) is 0.231. The van der Waals surface area contributed by atoms with Gasteiger partial charge < -0.3 is 16.8 Å². The SMILES string of the molecule is Cc1ccccc1C[C@@H](C)CNC(=O)c1nc(Cl)c(N(N)C(N)=O)nc1N(N)C(N)=O. The van der Waals surface area contributed by atoms with Crippen molar-refractivity contribution in [1.82, 2.24) is 15.3 Å². The maximum absolute atomic E-state index is 12.7. The van der Waals surface area contributed by atoms with Crippen LogP contribution in [0.3, 0.4) is 0 Å². The number of amides is 5. The molecule has 13 heteroatoms. The zero-order valence-corrected chi connectivity index (χ0v) is 17.8. The van der Waals surface area contributed by atoms with Crippen LogP contribution in [0.2, 0.25) is 5.15 Å². The van der Waals surface area contributed by atoms with Crippen molar-refractivity contribution in [3.8, 4) is 0 Å². The predicted octanol–water partition coefficient (Wildman–Crippen LogP) is 0.565. The highest BCUT2D eigenvalue weighted by Crippen LogP contribution is 2.25. The summed E-state index contributed by atoms with van der Waals surface area (Å²) in [7, 11) is 0. The van der Waals surface area contributed by atoms with E-state index in [2.05, 4.69) is 15.3 Å². The molecule has 0 fully saturated rings. The van der Waals surface area contributed by atoms with E-state index in [-0.39, 0.29) is 11.6 Å². The fraction of sp³-hybridized carbons (Fsp3) is 0.278. The maximum atomic E-state index is 12.7. The van der Waals surface area contributed by atoms with E-state index in [0.717, 1.165) is 17.5 Å². The van der Waals surface area contributed by atoms with Gasteiger partial charge in [0.25, 0.3) is 5.91 Å². The van der Waals surface area contributed by atoms with Crippen LogP contribution in [0.25, 0.3) is 0 Å². The Kier molecular flexibility index (Phi) is 7.69. The summed E-state index contributed by atoms with van der Waals surface area (Å²) in [6, 6.07) is 5.70. The van der Waals surface area contributed by atoms with Gasteiger partial charge in [-0.25, -0.2) is 41.3 Å². The lowest BCUT2D eigenvalue weighted by atomic mass is 9.97. The number of nitrogens with two attached hydrogens (primary N) is 4. The number of hydrogen-bond donors (Lipinski definition) is 5. The first kappa shape index (κ1) is 23.8. The Hall–Kier alpha value is -3.48. The molecule has 0 saturated carbocycles. The molecule has 0 radical (unpaired) electrons. The Morgan fingerprint density at radius 1 is 1.06 bits per heavy atom. The summed E-state index contributed by atoms with van der Waals surface area (Å²) < 4.78 is 0. The smallest absolute Gasteiger partial charge is 0.335 e. The van der Waals surface area contributed by atoms with Gasteiger partial charge in [-0.3, -0.25) is 4.79 Å². The molecule has 0 unspecified atom stereocenters. The van der Waals surface area contributed by atoms with E-state index in [1.54, 1.807) is 0 Å². The lowest BCUT2D eigenvalue weighted by Crippen LogP contribution is -2.46. The van der Waals surface area contributed by atoms with Crippen LogP contribution in [-0.4, -0.2) is 34.5 Å². The van der Waals surface area contributed by atoms with Gasteiger partial charge in [-0.15, -0.1) is 0 Å². The standard InChI is InChI=1S/C18H24ClN9O3/c1-9(7-11-6-4-3-5-10(11)2)8-24-16(29)12-14(27(22)17(20)30)26-15(13(19)25-12)28(23)18(21)31/h3-6,9H,7-8,22-23H2,1-2H3,(H2,20,30)(H2,21,31)(H,24,29)/t9-/m1/s1. The van der Waals surface area contributed by atoms with E-state index in [0.29, 0.717) is 16.6 Å². The monoisotopic (exact) mass is 449 g/mol. The molecule has 1 heterocycles. The number of carbonyl (C=O) groups excluding carboxylic acids is 3. The summed E-state index contributed by atoms with van der Waals surface area (Å²) in [4.78, 5) is 43.4. The third-order valence-corrected chi connectivity index (χ3v) is 4.66. The number of rotatable bonds is 7. The molecule has 12 nitrogen and oxygen atoms in total. The second kappa shape index (κ2) is 10.0. The van der Waals surface area contributed by atoms with E-state index in [9.17, 15) is 14.4 Å². The summed E-state index contributed by atoms with van der Waals surface area (Å²) in [5.74, 6) is 9.61. The van der Waals surface area contributed by atoms with Gasteiger partial charge in [0.2, 0.25) is 0 Å². The molecule has 1 atom stereocenters. The lowest BCUT2D eigenvalue weighted by Gasteiger charge is -2.20. The van der Waals surface area contributed by atoms with Crippen molar-refractivity contribution >= 4 is 41.2 Å². The number of halogens is 1. The van der Waals surface area contributed by atoms with Crippen LogP contribution in [0.15, 0.2) is 24.3 Å². The number of aromatic nitrogens is 2. The number of nitrogens with one attached hydrogen (secondary N) is 1. The number of anilines is 2. The highest BCUT2D eigenvalue weighted by atomic mass is 35.5. The summed E-state index contributed by atoms with van der Waals surface area (Å²) >= 11 is 6.00. The molecule has 2 rings (SSSR count). The number of aryl methyl sites for hydroxylation is 1. The number of urea groups is 2. The molecular weight excluding hydrogens is 426 g/mol. The molecular formula is C18H24ClN9O3. The number of nitrogens with zero attached hydrogens (tertiary/aromatic N) is 4. The van der Waals surface area contributed by atoms with E-state index in [4.69, 9.17) is 34.8 Å². The average Bonchev–Trinajstić information content (AvgIpc) is 2.72. The predicted molar refractivity (Wildman–Crippen MR) is 116 cm³/mol. The zero-order valence-electron chi connectivity index (χ0n) is 17.0. The van der Waals surface area contributed by atoms with Crippen LogP contribution in [0.1, 0.15) is 28.5 Å². The molecule has 0 aliphatic carbocycles. The Morgan fingerprint density at radius 3 is 2.23 bits per heavy atom. The van der Waals surface area contributed by atoms with Crippen LogP contribution >= 0.6 is 11.6 Å². The van der Waals surface area contributed by atoms with Crippen molar-refractivity contribution in [3.63, 3.8) is 0 Å². The molecule has 0 bridgehead atoms. The van der Waals surface area contributed by atoms with Crippen molar-refractivity contribution in [2.45, 2.75) is 20.3 Å². The summed E-state index contributed by atoms with van der Waals surface area (Å²) in [5, 5.41) is 3.07. The number of benzene rings is 1. The second-order valence-corrected chi connectivity index (χ2v) is 7.23. The molecule has 31 heavy (non-hydrogen) atoms. The molecule has 0 spiro atoms. The number of hydrogen-bond acceptors (Lipinski definition) is 7. The van der Waals surface area contributed by atoms with Gasteiger partial charge in [0, 0.05) is 6.54 Å². The van der Waals surface area contributed by atoms with Gasteiger partial charge in [-0.2, -0.15) is 0 Å². The van der Waals surface area contributed by atoms with Crippen molar-refractivity contribution < 1.29 is 14.4 Å². The van der Waals surface area contributed by atoms with Gasteiger partial charge in [-0.1, -0.05) is 42.8 Å². The third-order valence-electron chi connectivity index (χ3n) is 4.41. The number of carbonyl (C=O) groups is 3. The molecule has 166 valence electrons. The molecule has 9 N–H and O–H groups in total. The molecule has 1 aromatic heterocycles. The molecule has 0 saturated heterocycles. The third kappa shape index (κ3) is 5.78. The van der Waals surface area contributed by atoms with E-state index in [1.807, 2.05) is 38.1 Å². The Bertz CT molecular complexity index is 1000. The van der Waals surface area contributed by atoms with Crippen LogP contribution in [0.4, 0.5) is 21.2 Å². The van der Waals surface area contributed by atoms with Crippen LogP contribution in [-0.2, 0) is 6.42 Å². The Morgan fingerprint density at radius 2 is 1.65 bits per heavy atom. The minimum absolute atomic E-state index is 0.0794. The van der Waals surface area contributed by atoms with E-state index in [1.165, 1.54) is 0 Å². The molecule has 1 aromatic carbocycles. The minimum atomic E-state index is -1.13. The first-order valence-corrected chi connectivity index (χ1v) is 9.49. The largest absolute Gasteiger partial charge is 0.350 e. The van der Waals surface area contributed by atoms with Crippen molar-refractivity contribution in [1.29, 1.82) is 0 Å². The van der Waals surface area contributed by atoms with Gasteiger partial charge in [0.15, 0.2) is 22.5 Å². The van der Waals surface area contributed by atoms with Crippen LogP contribution in [0.5, 0.6) is 0 Å². The second-order valence-electron chi connectivity index (χ2n) is 6.87. The van der Waals surface area contributed by atoms with Gasteiger partial charge in [0.05, 0.1) is 0 Å². The molecule has 0 aliphatic rings.